The molecule has 0 aromatic carbocycles. The lowest BCUT2D eigenvalue weighted by Crippen LogP contribution is -2.14. The molecular formula is C14H21N5OS2. The molecule has 2 rings (SSSR count). The van der Waals surface area contributed by atoms with Crippen LogP contribution in [0, 0.1) is 0 Å². The Morgan fingerprint density at radius 3 is 2.82 bits per heavy atom. The zero-order valence-electron chi connectivity index (χ0n) is 13.1. The van der Waals surface area contributed by atoms with E-state index in [1.54, 1.807) is 5.38 Å². The standard InChI is InChI=1S/C14H21N5OS2/c1-4-5-6-7-11-17-18-14(22-11)16-13(20)10-9-21-12(15-10)8-19(2)3/h9H,4-8H2,1-3H3,(H,16,18,20). The summed E-state index contributed by atoms with van der Waals surface area (Å²) in [4.78, 5) is 18.5. The quantitative estimate of drug-likeness (QED) is 0.749. The fourth-order valence-electron chi connectivity index (χ4n) is 1.85. The van der Waals surface area contributed by atoms with Gasteiger partial charge in [-0.25, -0.2) is 4.98 Å². The molecule has 0 spiro atoms. The first-order valence-electron chi connectivity index (χ1n) is 7.31. The highest BCUT2D eigenvalue weighted by atomic mass is 32.1. The van der Waals surface area contributed by atoms with E-state index in [0.717, 1.165) is 29.4 Å². The van der Waals surface area contributed by atoms with E-state index in [1.807, 2.05) is 19.0 Å². The van der Waals surface area contributed by atoms with E-state index in [2.05, 4.69) is 27.4 Å². The van der Waals surface area contributed by atoms with Crippen molar-refractivity contribution in [2.24, 2.45) is 0 Å². The molecule has 2 aromatic rings. The summed E-state index contributed by atoms with van der Waals surface area (Å²) in [5.41, 5.74) is 0.435. The number of hydrogen-bond donors (Lipinski definition) is 1. The van der Waals surface area contributed by atoms with E-state index >= 15 is 0 Å². The lowest BCUT2D eigenvalue weighted by molar-refractivity contribution is 0.102. The third-order valence-corrected chi connectivity index (χ3v) is 4.65. The van der Waals surface area contributed by atoms with Gasteiger partial charge >= 0.3 is 0 Å². The maximum atomic E-state index is 12.1. The number of carbonyl (C=O) groups is 1. The highest BCUT2D eigenvalue weighted by Gasteiger charge is 2.14. The number of amides is 1. The van der Waals surface area contributed by atoms with Crippen molar-refractivity contribution >= 4 is 33.7 Å². The molecule has 0 aliphatic rings. The van der Waals surface area contributed by atoms with Crippen LogP contribution in [0.3, 0.4) is 0 Å². The van der Waals surface area contributed by atoms with E-state index in [0.29, 0.717) is 10.8 Å². The Morgan fingerprint density at radius 1 is 1.27 bits per heavy atom. The second-order valence-corrected chi connectivity index (χ2v) is 7.28. The number of aromatic nitrogens is 3. The third-order valence-electron chi connectivity index (χ3n) is 2.92. The number of unbranched alkanes of at least 4 members (excludes halogenated alkanes) is 2. The molecule has 0 saturated carbocycles. The number of nitrogens with zero attached hydrogens (tertiary/aromatic N) is 4. The van der Waals surface area contributed by atoms with E-state index in [-0.39, 0.29) is 5.91 Å². The van der Waals surface area contributed by atoms with Crippen LogP contribution in [0.15, 0.2) is 5.38 Å². The fourth-order valence-corrected chi connectivity index (χ4v) is 3.52. The van der Waals surface area contributed by atoms with Crippen LogP contribution in [0.1, 0.15) is 46.7 Å². The van der Waals surface area contributed by atoms with Crippen molar-refractivity contribution in [3.05, 3.63) is 21.1 Å². The lowest BCUT2D eigenvalue weighted by atomic mass is 10.2. The van der Waals surface area contributed by atoms with E-state index in [9.17, 15) is 4.79 Å². The number of anilines is 1. The van der Waals surface area contributed by atoms with Gasteiger partial charge in [-0.2, -0.15) is 0 Å². The summed E-state index contributed by atoms with van der Waals surface area (Å²) in [5.74, 6) is -0.225. The molecule has 0 aliphatic carbocycles. The van der Waals surface area contributed by atoms with Crippen LogP contribution < -0.4 is 5.32 Å². The van der Waals surface area contributed by atoms with Crippen LogP contribution in [-0.4, -0.2) is 40.1 Å². The van der Waals surface area contributed by atoms with Crippen LogP contribution in [0.25, 0.3) is 0 Å². The van der Waals surface area contributed by atoms with Gasteiger partial charge in [0.15, 0.2) is 0 Å². The lowest BCUT2D eigenvalue weighted by Gasteiger charge is -2.04. The van der Waals surface area contributed by atoms with Gasteiger partial charge in [0.05, 0.1) is 0 Å². The summed E-state index contributed by atoms with van der Waals surface area (Å²) in [6.45, 7) is 2.91. The zero-order valence-corrected chi connectivity index (χ0v) is 14.8. The molecule has 1 N–H and O–H groups in total. The van der Waals surface area contributed by atoms with Crippen molar-refractivity contribution < 1.29 is 4.79 Å². The SMILES string of the molecule is CCCCCc1nnc(NC(=O)c2csc(CN(C)C)n2)s1. The molecular weight excluding hydrogens is 318 g/mol. The van der Waals surface area contributed by atoms with Crippen molar-refractivity contribution in [1.29, 1.82) is 0 Å². The monoisotopic (exact) mass is 339 g/mol. The van der Waals surface area contributed by atoms with Crippen molar-refractivity contribution in [2.75, 3.05) is 19.4 Å². The predicted octanol–water partition coefficient (Wildman–Crippen LogP) is 3.04. The second-order valence-electron chi connectivity index (χ2n) is 5.28. The Balaban J connectivity index is 1.90. The number of carbonyl (C=O) groups excluding carboxylic acids is 1. The van der Waals surface area contributed by atoms with Gasteiger partial charge in [0.25, 0.3) is 5.91 Å². The van der Waals surface area contributed by atoms with Crippen LogP contribution in [0.4, 0.5) is 5.13 Å². The molecule has 0 radical (unpaired) electrons. The van der Waals surface area contributed by atoms with Gasteiger partial charge in [0, 0.05) is 18.3 Å². The normalized spacial score (nSPS) is 11.1. The molecule has 0 bridgehead atoms. The van der Waals surface area contributed by atoms with Gasteiger partial charge in [-0.15, -0.1) is 21.5 Å². The Morgan fingerprint density at radius 2 is 2.09 bits per heavy atom. The van der Waals surface area contributed by atoms with E-state index in [1.165, 1.54) is 35.5 Å². The minimum Gasteiger partial charge on any atom is -0.303 e. The summed E-state index contributed by atoms with van der Waals surface area (Å²) in [7, 11) is 3.95. The van der Waals surface area contributed by atoms with Gasteiger partial charge < -0.3 is 4.90 Å². The van der Waals surface area contributed by atoms with E-state index < -0.39 is 0 Å². The molecule has 0 saturated heterocycles. The fraction of sp³-hybridized carbons (Fsp3) is 0.571. The van der Waals surface area contributed by atoms with Gasteiger partial charge in [-0.3, -0.25) is 10.1 Å². The summed E-state index contributed by atoms with van der Waals surface area (Å²) in [6, 6.07) is 0. The van der Waals surface area contributed by atoms with E-state index in [4.69, 9.17) is 0 Å². The molecule has 8 heteroatoms. The molecule has 6 nitrogen and oxygen atoms in total. The first-order chi connectivity index (χ1) is 10.6. The molecule has 1 amide bonds. The minimum atomic E-state index is -0.225. The molecule has 2 aromatic heterocycles. The molecule has 0 unspecified atom stereocenters. The number of aryl methyl sites for hydroxylation is 1. The Kier molecular flexibility index (Phi) is 6.41. The number of hydrogen-bond acceptors (Lipinski definition) is 7. The first-order valence-corrected chi connectivity index (χ1v) is 9.01. The molecule has 0 fully saturated rings. The molecule has 0 atom stereocenters. The summed E-state index contributed by atoms with van der Waals surface area (Å²) >= 11 is 2.93. The van der Waals surface area contributed by atoms with Crippen LogP contribution >= 0.6 is 22.7 Å². The second kappa shape index (κ2) is 8.30. The van der Waals surface area contributed by atoms with Crippen molar-refractivity contribution in [2.45, 2.75) is 39.2 Å². The zero-order chi connectivity index (χ0) is 15.9. The highest BCUT2D eigenvalue weighted by Crippen LogP contribution is 2.19. The van der Waals surface area contributed by atoms with Gasteiger partial charge in [-0.05, 0) is 20.5 Å². The van der Waals surface area contributed by atoms with Crippen LogP contribution in [0.5, 0.6) is 0 Å². The van der Waals surface area contributed by atoms with Crippen molar-refractivity contribution in [3.8, 4) is 0 Å². The largest absolute Gasteiger partial charge is 0.303 e. The summed E-state index contributed by atoms with van der Waals surface area (Å²) in [6.07, 6.45) is 4.40. The van der Waals surface area contributed by atoms with Crippen molar-refractivity contribution in [1.82, 2.24) is 20.1 Å². The average molecular weight is 339 g/mol. The maximum Gasteiger partial charge on any atom is 0.276 e. The highest BCUT2D eigenvalue weighted by molar-refractivity contribution is 7.15. The molecule has 120 valence electrons. The number of nitrogens with one attached hydrogen (secondary N) is 1. The Hall–Kier alpha value is -1.38. The number of rotatable bonds is 8. The Bertz CT molecular complexity index is 608. The molecule has 22 heavy (non-hydrogen) atoms. The summed E-state index contributed by atoms with van der Waals surface area (Å²) in [5, 5.41) is 15.1. The van der Waals surface area contributed by atoms with Crippen molar-refractivity contribution in [3.63, 3.8) is 0 Å². The van der Waals surface area contributed by atoms with Gasteiger partial charge in [-0.1, -0.05) is 31.1 Å². The molecule has 2 heterocycles. The smallest absolute Gasteiger partial charge is 0.276 e. The van der Waals surface area contributed by atoms with Crippen LogP contribution in [0.2, 0.25) is 0 Å². The summed E-state index contributed by atoms with van der Waals surface area (Å²) < 4.78 is 0. The van der Waals surface area contributed by atoms with Gasteiger partial charge in [0.1, 0.15) is 15.7 Å². The molecule has 0 aliphatic heterocycles. The number of thiazole rings is 1. The van der Waals surface area contributed by atoms with Crippen LogP contribution in [-0.2, 0) is 13.0 Å². The third kappa shape index (κ3) is 5.11. The topological polar surface area (TPSA) is 71.0 Å². The minimum absolute atomic E-state index is 0.225. The maximum absolute atomic E-state index is 12.1. The first kappa shape index (κ1) is 17.0. The van der Waals surface area contributed by atoms with Gasteiger partial charge in [0.2, 0.25) is 5.13 Å². The Labute approximate surface area is 138 Å². The average Bonchev–Trinajstić information content (AvgIpc) is 3.08. The predicted molar refractivity (Wildman–Crippen MR) is 90.6 cm³/mol.